The largest absolute Gasteiger partial charge is 0.321 e. The fraction of sp³-hybridized carbons (Fsp3) is 0.150. The summed E-state index contributed by atoms with van der Waals surface area (Å²) in [5.41, 5.74) is 2.68. The molecule has 0 spiro atoms. The minimum atomic E-state index is -0.380. The predicted octanol–water partition coefficient (Wildman–Crippen LogP) is 4.05. The van der Waals surface area contributed by atoms with Gasteiger partial charge in [-0.1, -0.05) is 0 Å². The van der Waals surface area contributed by atoms with Crippen LogP contribution in [0.1, 0.15) is 30.6 Å². The van der Waals surface area contributed by atoms with Gasteiger partial charge in [0.1, 0.15) is 5.82 Å². The van der Waals surface area contributed by atoms with Gasteiger partial charge in [0.15, 0.2) is 0 Å². The van der Waals surface area contributed by atoms with Crippen molar-refractivity contribution in [3.05, 3.63) is 75.5 Å². The van der Waals surface area contributed by atoms with Crippen LogP contribution in [0.4, 0.5) is 15.8 Å². The third-order valence-corrected chi connectivity index (χ3v) is 5.54. The highest BCUT2D eigenvalue weighted by Crippen LogP contribution is 2.37. The Labute approximate surface area is 159 Å². The zero-order valence-corrected chi connectivity index (χ0v) is 15.3. The monoisotopic (exact) mass is 381 g/mol. The van der Waals surface area contributed by atoms with Crippen LogP contribution in [-0.2, 0) is 6.42 Å². The number of pyridine rings is 1. The molecule has 2 aromatic heterocycles. The zero-order chi connectivity index (χ0) is 19.0. The number of halogens is 1. The summed E-state index contributed by atoms with van der Waals surface area (Å²) in [5.74, 6) is -0.785. The summed E-state index contributed by atoms with van der Waals surface area (Å²) in [6.45, 7) is 2.41. The molecule has 0 saturated carbocycles. The van der Waals surface area contributed by atoms with Crippen LogP contribution in [0.2, 0.25) is 0 Å². The summed E-state index contributed by atoms with van der Waals surface area (Å²) < 4.78 is 13.1. The Morgan fingerprint density at radius 3 is 2.70 bits per heavy atom. The van der Waals surface area contributed by atoms with Gasteiger partial charge in [0.25, 0.3) is 11.8 Å². The zero-order valence-electron chi connectivity index (χ0n) is 14.5. The number of benzene rings is 1. The van der Waals surface area contributed by atoms with Gasteiger partial charge < -0.3 is 10.2 Å². The maximum absolute atomic E-state index is 13.1. The summed E-state index contributed by atoms with van der Waals surface area (Å²) in [4.78, 5) is 32.6. The Kier molecular flexibility index (Phi) is 4.45. The molecule has 5 nitrogen and oxygen atoms in total. The first kappa shape index (κ1) is 17.4. The highest BCUT2D eigenvalue weighted by atomic mass is 32.1. The Hall–Kier alpha value is -3.06. The molecule has 0 atom stereocenters. The smallest absolute Gasteiger partial charge is 0.265 e. The topological polar surface area (TPSA) is 62.3 Å². The number of rotatable bonds is 3. The number of aryl methyl sites for hydroxylation is 1. The van der Waals surface area contributed by atoms with Gasteiger partial charge in [-0.2, -0.15) is 0 Å². The molecule has 1 aromatic carbocycles. The van der Waals surface area contributed by atoms with Crippen LogP contribution in [0.5, 0.6) is 0 Å². The molecule has 3 aromatic rings. The Morgan fingerprint density at radius 1 is 1.19 bits per heavy atom. The normalized spacial score (nSPS) is 12.7. The average molecular weight is 381 g/mol. The van der Waals surface area contributed by atoms with Crippen molar-refractivity contribution in [3.63, 3.8) is 0 Å². The first-order chi connectivity index (χ1) is 13.0. The van der Waals surface area contributed by atoms with E-state index in [1.54, 1.807) is 29.3 Å². The number of hydrogen-bond donors (Lipinski definition) is 1. The van der Waals surface area contributed by atoms with Crippen LogP contribution in [0.15, 0.2) is 48.7 Å². The average Bonchev–Trinajstić information content (AvgIpc) is 3.22. The highest BCUT2D eigenvalue weighted by molar-refractivity contribution is 7.14. The van der Waals surface area contributed by atoms with Crippen molar-refractivity contribution in [1.82, 2.24) is 4.98 Å². The second-order valence-electron chi connectivity index (χ2n) is 6.27. The lowest BCUT2D eigenvalue weighted by Gasteiger charge is -2.16. The van der Waals surface area contributed by atoms with Crippen molar-refractivity contribution in [1.29, 1.82) is 0 Å². The molecular weight excluding hydrogens is 365 g/mol. The van der Waals surface area contributed by atoms with Gasteiger partial charge in [-0.05, 0) is 49.4 Å². The van der Waals surface area contributed by atoms with Gasteiger partial charge in [-0.15, -0.1) is 11.3 Å². The van der Waals surface area contributed by atoms with Crippen LogP contribution in [0.25, 0.3) is 0 Å². The highest BCUT2D eigenvalue weighted by Gasteiger charge is 2.29. The van der Waals surface area contributed by atoms with E-state index in [9.17, 15) is 14.0 Å². The molecule has 0 radical (unpaired) electrons. The summed E-state index contributed by atoms with van der Waals surface area (Å²) in [6.07, 6.45) is 2.34. The number of aromatic nitrogens is 1. The minimum Gasteiger partial charge on any atom is -0.321 e. The van der Waals surface area contributed by atoms with E-state index in [0.717, 1.165) is 16.3 Å². The molecule has 0 fully saturated rings. The molecule has 0 aliphatic carbocycles. The molecule has 27 heavy (non-hydrogen) atoms. The number of fused-ring (bicyclic) bond motifs is 1. The van der Waals surface area contributed by atoms with Gasteiger partial charge in [0.05, 0.1) is 10.6 Å². The van der Waals surface area contributed by atoms with E-state index >= 15 is 0 Å². The third-order valence-electron chi connectivity index (χ3n) is 4.35. The molecule has 1 aliphatic rings. The maximum atomic E-state index is 13.1. The van der Waals surface area contributed by atoms with Gasteiger partial charge in [-0.25, -0.2) is 4.39 Å². The van der Waals surface area contributed by atoms with Crippen molar-refractivity contribution in [2.75, 3.05) is 16.8 Å². The molecule has 0 unspecified atom stereocenters. The van der Waals surface area contributed by atoms with Gasteiger partial charge in [0.2, 0.25) is 0 Å². The van der Waals surface area contributed by atoms with Crippen LogP contribution in [0.3, 0.4) is 0 Å². The second kappa shape index (κ2) is 6.92. The molecule has 136 valence electrons. The summed E-state index contributed by atoms with van der Waals surface area (Å²) in [7, 11) is 0. The predicted molar refractivity (Wildman–Crippen MR) is 103 cm³/mol. The number of carbonyl (C=O) groups excluding carboxylic acids is 2. The van der Waals surface area contributed by atoms with Crippen LogP contribution >= 0.6 is 11.3 Å². The Balaban J connectivity index is 1.54. The van der Waals surface area contributed by atoms with Crippen molar-refractivity contribution < 1.29 is 14.0 Å². The molecule has 1 N–H and O–H groups in total. The van der Waals surface area contributed by atoms with E-state index in [4.69, 9.17) is 0 Å². The van der Waals surface area contributed by atoms with Crippen molar-refractivity contribution in [2.45, 2.75) is 13.3 Å². The van der Waals surface area contributed by atoms with E-state index in [1.165, 1.54) is 35.6 Å². The third kappa shape index (κ3) is 3.46. The first-order valence-corrected chi connectivity index (χ1v) is 9.27. The van der Waals surface area contributed by atoms with E-state index in [2.05, 4.69) is 10.3 Å². The first-order valence-electron chi connectivity index (χ1n) is 8.45. The number of nitrogens with one attached hydrogen (secondary N) is 1. The molecular formula is C20H16FN3O2S. The van der Waals surface area contributed by atoms with Crippen molar-refractivity contribution >= 4 is 34.5 Å². The van der Waals surface area contributed by atoms with E-state index in [-0.39, 0.29) is 17.6 Å². The minimum absolute atomic E-state index is 0.191. The summed E-state index contributed by atoms with van der Waals surface area (Å²) >= 11 is 1.39. The van der Waals surface area contributed by atoms with Gasteiger partial charge >= 0.3 is 0 Å². The van der Waals surface area contributed by atoms with Crippen molar-refractivity contribution in [3.8, 4) is 0 Å². The number of thiophene rings is 1. The number of nitrogens with zero attached hydrogens (tertiary/aromatic N) is 2. The molecule has 0 saturated heterocycles. The Morgan fingerprint density at radius 2 is 1.96 bits per heavy atom. The lowest BCUT2D eigenvalue weighted by molar-refractivity contribution is 0.0986. The number of hydrogen-bond acceptors (Lipinski definition) is 4. The van der Waals surface area contributed by atoms with Crippen molar-refractivity contribution in [2.24, 2.45) is 0 Å². The van der Waals surface area contributed by atoms with Gasteiger partial charge in [-0.3, -0.25) is 14.6 Å². The van der Waals surface area contributed by atoms with E-state index in [0.29, 0.717) is 29.1 Å². The van der Waals surface area contributed by atoms with Crippen LogP contribution in [0, 0.1) is 12.7 Å². The molecule has 7 heteroatoms. The fourth-order valence-corrected chi connectivity index (χ4v) is 4.09. The molecule has 0 bridgehead atoms. The van der Waals surface area contributed by atoms with E-state index < -0.39 is 0 Å². The number of amides is 2. The fourth-order valence-electron chi connectivity index (χ4n) is 3.05. The molecule has 3 heterocycles. The standard InChI is InChI=1S/C20H16FN3O2S/c1-12-10-15(6-8-22-12)23-19(25)18-11-16-17(27-18)7-9-24(16)20(26)13-2-4-14(21)5-3-13/h2-6,8,10-11H,7,9H2,1H3,(H,22,23,25). The SMILES string of the molecule is Cc1cc(NC(=O)c2cc3c(s2)CCN3C(=O)c2ccc(F)cc2)ccn1. The van der Waals surface area contributed by atoms with E-state index in [1.807, 2.05) is 6.92 Å². The van der Waals surface area contributed by atoms with Crippen LogP contribution in [-0.4, -0.2) is 23.3 Å². The molecule has 4 rings (SSSR count). The number of anilines is 2. The second-order valence-corrected chi connectivity index (χ2v) is 7.41. The van der Waals surface area contributed by atoms with Gasteiger partial charge in [0, 0.05) is 41.0 Å². The molecule has 2 amide bonds. The number of carbonyl (C=O) groups is 2. The van der Waals surface area contributed by atoms with Crippen LogP contribution < -0.4 is 10.2 Å². The lowest BCUT2D eigenvalue weighted by atomic mass is 10.2. The molecule has 1 aliphatic heterocycles. The maximum Gasteiger partial charge on any atom is 0.265 e. The summed E-state index contributed by atoms with van der Waals surface area (Å²) in [5, 5.41) is 2.86. The quantitative estimate of drug-likeness (QED) is 0.745. The Bertz CT molecular complexity index is 1030. The lowest BCUT2D eigenvalue weighted by Crippen LogP contribution is -2.28. The summed E-state index contributed by atoms with van der Waals surface area (Å²) in [6, 6.07) is 10.8.